The predicted molar refractivity (Wildman–Crippen MR) is 129 cm³/mol. The first kappa shape index (κ1) is 22.3. The van der Waals surface area contributed by atoms with Gasteiger partial charge in [0, 0.05) is 34.8 Å². The topological polar surface area (TPSA) is 59.4 Å². The minimum absolute atomic E-state index is 0.124. The van der Waals surface area contributed by atoms with Gasteiger partial charge in [-0.3, -0.25) is 9.78 Å². The highest BCUT2D eigenvalue weighted by molar-refractivity contribution is 7.80. The average molecular weight is 469 g/mol. The molecule has 1 aliphatic heterocycles. The summed E-state index contributed by atoms with van der Waals surface area (Å²) in [6.45, 7) is 4.62. The molecule has 32 heavy (non-hydrogen) atoms. The Morgan fingerprint density at radius 2 is 2.03 bits per heavy atom. The number of aryl methyl sites for hydroxylation is 1. The number of hydrogen-bond donors (Lipinski definition) is 1. The molecule has 0 radical (unpaired) electrons. The van der Waals surface area contributed by atoms with E-state index in [0.717, 1.165) is 28.3 Å². The van der Waals surface area contributed by atoms with E-state index in [1.807, 2.05) is 42.5 Å². The number of aromatic nitrogens is 2. The van der Waals surface area contributed by atoms with Crippen molar-refractivity contribution in [1.29, 1.82) is 0 Å². The summed E-state index contributed by atoms with van der Waals surface area (Å²) in [7, 11) is 1.40. The molecule has 3 aromatic rings. The predicted octanol–water partition coefficient (Wildman–Crippen LogP) is 4.68. The lowest BCUT2D eigenvalue weighted by atomic mass is 9.96. The van der Waals surface area contributed by atoms with Gasteiger partial charge in [-0.25, -0.2) is 0 Å². The van der Waals surface area contributed by atoms with Gasteiger partial charge in [0.15, 0.2) is 5.11 Å². The monoisotopic (exact) mass is 468 g/mol. The minimum Gasteiger partial charge on any atom is -0.469 e. The summed E-state index contributed by atoms with van der Waals surface area (Å²) >= 11 is 11.9. The van der Waals surface area contributed by atoms with Crippen LogP contribution in [-0.4, -0.2) is 39.2 Å². The molecule has 0 saturated carbocycles. The van der Waals surface area contributed by atoms with Crippen LogP contribution in [0.4, 0.5) is 0 Å². The highest BCUT2D eigenvalue weighted by Crippen LogP contribution is 2.41. The Bertz CT molecular complexity index is 1150. The Morgan fingerprint density at radius 1 is 1.22 bits per heavy atom. The zero-order valence-corrected chi connectivity index (χ0v) is 19.8. The Kier molecular flexibility index (Phi) is 6.48. The number of methoxy groups -OCH3 is 1. The third-order valence-electron chi connectivity index (χ3n) is 5.84. The molecule has 2 aromatic heterocycles. The summed E-state index contributed by atoms with van der Waals surface area (Å²) in [5, 5.41) is 4.71. The van der Waals surface area contributed by atoms with Gasteiger partial charge >= 0.3 is 5.97 Å². The number of pyridine rings is 1. The van der Waals surface area contributed by atoms with Crippen molar-refractivity contribution in [3.8, 4) is 5.69 Å². The fraction of sp³-hybridized carbons (Fsp3) is 0.292. The van der Waals surface area contributed by atoms with Crippen molar-refractivity contribution in [2.45, 2.75) is 32.4 Å². The van der Waals surface area contributed by atoms with Gasteiger partial charge in [0.2, 0.25) is 0 Å². The van der Waals surface area contributed by atoms with Gasteiger partial charge in [-0.15, -0.1) is 0 Å². The molecule has 1 aliphatic rings. The van der Waals surface area contributed by atoms with Gasteiger partial charge in [-0.05, 0) is 68.0 Å². The maximum absolute atomic E-state index is 11.9. The first-order valence-electron chi connectivity index (χ1n) is 10.4. The molecule has 1 fully saturated rings. The maximum atomic E-state index is 11.9. The maximum Gasteiger partial charge on any atom is 0.307 e. The van der Waals surface area contributed by atoms with Crippen molar-refractivity contribution < 1.29 is 9.53 Å². The zero-order valence-electron chi connectivity index (χ0n) is 18.2. The lowest BCUT2D eigenvalue weighted by Crippen LogP contribution is -2.32. The van der Waals surface area contributed by atoms with Crippen LogP contribution >= 0.6 is 23.8 Å². The van der Waals surface area contributed by atoms with Crippen molar-refractivity contribution in [2.24, 2.45) is 0 Å². The second-order valence-corrected chi connectivity index (χ2v) is 8.61. The summed E-state index contributed by atoms with van der Waals surface area (Å²) in [5.74, 6) is -0.266. The van der Waals surface area contributed by atoms with Crippen LogP contribution in [0.25, 0.3) is 5.69 Å². The van der Waals surface area contributed by atoms with Gasteiger partial charge in [-0.2, -0.15) is 0 Å². The number of nitrogens with zero attached hydrogens (tertiary/aromatic N) is 3. The summed E-state index contributed by atoms with van der Waals surface area (Å²) in [5.41, 5.74) is 5.20. The number of thiocarbonyl (C=S) groups is 1. The molecule has 3 heterocycles. The molecule has 1 saturated heterocycles. The highest BCUT2D eigenvalue weighted by Gasteiger charge is 2.41. The van der Waals surface area contributed by atoms with Crippen LogP contribution in [0.15, 0.2) is 54.7 Å². The Hall–Kier alpha value is -2.90. The molecule has 8 heteroatoms. The molecule has 1 N–H and O–H groups in total. The molecule has 0 unspecified atom stereocenters. The van der Waals surface area contributed by atoms with Gasteiger partial charge in [0.1, 0.15) is 0 Å². The van der Waals surface area contributed by atoms with Crippen LogP contribution < -0.4 is 5.32 Å². The van der Waals surface area contributed by atoms with Gasteiger partial charge in [0.05, 0.1) is 31.3 Å². The number of ether oxygens (including phenoxy) is 1. The van der Waals surface area contributed by atoms with E-state index in [1.165, 1.54) is 7.11 Å². The van der Waals surface area contributed by atoms with Crippen LogP contribution in [0.3, 0.4) is 0 Å². The highest BCUT2D eigenvalue weighted by atomic mass is 35.5. The molecular formula is C24H25ClN4O2S. The first-order valence-corrected chi connectivity index (χ1v) is 11.2. The molecule has 2 atom stereocenters. The number of halogens is 1. The summed E-state index contributed by atoms with van der Waals surface area (Å²) in [6, 6.07) is 15.6. The number of nitrogens with one attached hydrogen (secondary N) is 1. The molecule has 0 aliphatic carbocycles. The van der Waals surface area contributed by atoms with E-state index in [2.05, 4.69) is 39.7 Å². The van der Waals surface area contributed by atoms with Crippen LogP contribution in [0.2, 0.25) is 5.02 Å². The van der Waals surface area contributed by atoms with Crippen LogP contribution in [0, 0.1) is 13.8 Å². The largest absolute Gasteiger partial charge is 0.469 e. The van der Waals surface area contributed by atoms with Gasteiger partial charge in [-0.1, -0.05) is 23.7 Å². The third-order valence-corrected chi connectivity index (χ3v) is 6.43. The van der Waals surface area contributed by atoms with Crippen molar-refractivity contribution in [3.63, 3.8) is 0 Å². The van der Waals surface area contributed by atoms with E-state index in [0.29, 0.717) is 16.7 Å². The van der Waals surface area contributed by atoms with E-state index in [1.54, 1.807) is 6.20 Å². The Morgan fingerprint density at radius 3 is 2.72 bits per heavy atom. The van der Waals surface area contributed by atoms with Crippen molar-refractivity contribution in [3.05, 3.63) is 82.4 Å². The Balaban J connectivity index is 1.80. The summed E-state index contributed by atoms with van der Waals surface area (Å²) in [6.07, 6.45) is 2.03. The molecule has 1 aromatic carbocycles. The number of carbonyl (C=O) groups is 1. The lowest BCUT2D eigenvalue weighted by molar-refractivity contribution is -0.140. The van der Waals surface area contributed by atoms with Crippen LogP contribution in [0.5, 0.6) is 0 Å². The average Bonchev–Trinajstić information content (AvgIpc) is 3.27. The number of carbonyl (C=O) groups excluding carboxylic acids is 1. The second-order valence-electron chi connectivity index (χ2n) is 7.79. The Labute approximate surface area is 198 Å². The molecule has 0 bridgehead atoms. The van der Waals surface area contributed by atoms with E-state index in [-0.39, 0.29) is 24.5 Å². The van der Waals surface area contributed by atoms with Crippen molar-refractivity contribution >= 4 is 34.9 Å². The number of rotatable bonds is 6. The normalized spacial score (nSPS) is 18.0. The van der Waals surface area contributed by atoms with E-state index in [9.17, 15) is 4.79 Å². The lowest BCUT2D eigenvalue weighted by Gasteiger charge is -2.28. The standard InChI is InChI=1S/C24H25ClN4O2S/c1-15-13-19(16(2)29(15)18-8-6-7-17(25)14-18)23-22(20-9-4-5-11-26-20)27-24(32)28(23)12-10-21(30)31-3/h4-9,11,13-14,22-23H,10,12H2,1-3H3,(H,27,32)/t22-,23-/m1/s1. The first-order chi connectivity index (χ1) is 15.4. The molecule has 166 valence electrons. The van der Waals surface area contributed by atoms with Crippen LogP contribution in [-0.2, 0) is 9.53 Å². The summed E-state index contributed by atoms with van der Waals surface area (Å²) < 4.78 is 7.05. The van der Waals surface area contributed by atoms with E-state index >= 15 is 0 Å². The second kappa shape index (κ2) is 9.30. The van der Waals surface area contributed by atoms with E-state index in [4.69, 9.17) is 28.6 Å². The molecule has 4 rings (SSSR count). The van der Waals surface area contributed by atoms with Crippen molar-refractivity contribution in [1.82, 2.24) is 19.8 Å². The fourth-order valence-electron chi connectivity index (χ4n) is 4.40. The SMILES string of the molecule is COC(=O)CCN1C(=S)N[C@H](c2ccccn2)[C@H]1c1cc(C)n(-c2cccc(Cl)c2)c1C. The van der Waals surface area contributed by atoms with Gasteiger partial charge < -0.3 is 19.5 Å². The minimum atomic E-state index is -0.266. The number of benzene rings is 1. The van der Waals surface area contributed by atoms with E-state index < -0.39 is 0 Å². The van der Waals surface area contributed by atoms with Gasteiger partial charge in [0.25, 0.3) is 0 Å². The number of hydrogen-bond acceptors (Lipinski definition) is 4. The molecular weight excluding hydrogens is 444 g/mol. The zero-order chi connectivity index (χ0) is 22.8. The molecule has 0 amide bonds. The summed E-state index contributed by atoms with van der Waals surface area (Å²) in [4.78, 5) is 18.5. The van der Waals surface area contributed by atoms with Crippen molar-refractivity contribution in [2.75, 3.05) is 13.7 Å². The van der Waals surface area contributed by atoms with Crippen LogP contribution in [0.1, 0.15) is 41.1 Å². The quantitative estimate of drug-likeness (QED) is 0.418. The number of esters is 1. The smallest absolute Gasteiger partial charge is 0.307 e. The molecule has 6 nitrogen and oxygen atoms in total. The third kappa shape index (κ3) is 4.23. The fourth-order valence-corrected chi connectivity index (χ4v) is 4.91. The molecule has 0 spiro atoms.